The molecule has 0 saturated carbocycles. The van der Waals surface area contributed by atoms with Crippen molar-refractivity contribution in [2.45, 2.75) is 0 Å². The van der Waals surface area contributed by atoms with Gasteiger partial charge in [0.15, 0.2) is 0 Å². The van der Waals surface area contributed by atoms with Crippen LogP contribution in [0.4, 0.5) is 0 Å². The van der Waals surface area contributed by atoms with Gasteiger partial charge in [-0.25, -0.2) is 0 Å². The zero-order valence-electron chi connectivity index (χ0n) is 6.37. The molecule has 3 heteroatoms. The maximum absolute atomic E-state index is 9.35. The van der Waals surface area contributed by atoms with E-state index in [1.807, 2.05) is 12.1 Å². The van der Waals surface area contributed by atoms with Crippen LogP contribution >= 0.6 is 15.9 Å². The standard InChI is InChI=1S/C9H8BrNO/c1-11-6-9(12)7-3-2-4-8(10)5-7/h2-6,12H,1H2/b9-6-. The molecule has 0 unspecified atom stereocenters. The van der Waals surface area contributed by atoms with Gasteiger partial charge in [0, 0.05) is 10.0 Å². The molecule has 1 aromatic rings. The van der Waals surface area contributed by atoms with Crippen molar-refractivity contribution in [3.05, 3.63) is 40.5 Å². The molecule has 0 spiro atoms. The highest BCUT2D eigenvalue weighted by atomic mass is 79.9. The van der Waals surface area contributed by atoms with Crippen molar-refractivity contribution in [2.75, 3.05) is 0 Å². The van der Waals surface area contributed by atoms with Crippen molar-refractivity contribution in [3.63, 3.8) is 0 Å². The monoisotopic (exact) mass is 225 g/mol. The number of rotatable bonds is 2. The number of nitrogens with zero attached hydrogens (tertiary/aromatic N) is 1. The largest absolute Gasteiger partial charge is 0.506 e. The number of aliphatic imine (C=N–C) groups is 1. The molecule has 1 rings (SSSR count). The predicted octanol–water partition coefficient (Wildman–Crippen LogP) is 3.01. The zero-order chi connectivity index (χ0) is 8.97. The summed E-state index contributed by atoms with van der Waals surface area (Å²) in [6.07, 6.45) is 1.31. The fraction of sp³-hybridized carbons (Fsp3) is 0. The van der Waals surface area contributed by atoms with Crippen LogP contribution in [0, 0.1) is 0 Å². The van der Waals surface area contributed by atoms with Crippen LogP contribution in [0.25, 0.3) is 5.76 Å². The van der Waals surface area contributed by atoms with Crippen LogP contribution in [0.5, 0.6) is 0 Å². The topological polar surface area (TPSA) is 32.6 Å². The summed E-state index contributed by atoms with van der Waals surface area (Å²) in [6.45, 7) is 3.25. The third-order valence-electron chi connectivity index (χ3n) is 1.33. The summed E-state index contributed by atoms with van der Waals surface area (Å²) in [5.41, 5.74) is 0.719. The summed E-state index contributed by atoms with van der Waals surface area (Å²) in [4.78, 5) is 3.46. The molecule has 0 fully saturated rings. The average Bonchev–Trinajstić information content (AvgIpc) is 2.05. The SMILES string of the molecule is C=N/C=C(\O)c1cccc(Br)c1. The first-order chi connectivity index (χ1) is 5.74. The van der Waals surface area contributed by atoms with Crippen molar-refractivity contribution >= 4 is 28.4 Å². The van der Waals surface area contributed by atoms with Crippen LogP contribution in [-0.4, -0.2) is 11.8 Å². The lowest BCUT2D eigenvalue weighted by atomic mass is 10.2. The van der Waals surface area contributed by atoms with Gasteiger partial charge in [-0.05, 0) is 18.9 Å². The molecule has 1 N–H and O–H groups in total. The molecular weight excluding hydrogens is 218 g/mol. The molecular formula is C9H8BrNO. The van der Waals surface area contributed by atoms with Crippen molar-refractivity contribution in [3.8, 4) is 0 Å². The Kier molecular flexibility index (Phi) is 3.05. The van der Waals surface area contributed by atoms with Gasteiger partial charge in [0.25, 0.3) is 0 Å². The van der Waals surface area contributed by atoms with Gasteiger partial charge in [-0.2, -0.15) is 0 Å². The molecule has 0 aliphatic carbocycles. The summed E-state index contributed by atoms with van der Waals surface area (Å²) in [6, 6.07) is 7.32. The van der Waals surface area contributed by atoms with E-state index < -0.39 is 0 Å². The van der Waals surface area contributed by atoms with Crippen LogP contribution in [-0.2, 0) is 0 Å². The number of hydrogen-bond donors (Lipinski definition) is 1. The van der Waals surface area contributed by atoms with Gasteiger partial charge in [0.05, 0.1) is 6.20 Å². The first-order valence-corrected chi connectivity index (χ1v) is 4.14. The van der Waals surface area contributed by atoms with Crippen LogP contribution in [0.2, 0.25) is 0 Å². The second-order valence-corrected chi connectivity index (χ2v) is 3.12. The van der Waals surface area contributed by atoms with Gasteiger partial charge in [0.2, 0.25) is 0 Å². The first kappa shape index (κ1) is 9.00. The number of aliphatic hydroxyl groups excluding tert-OH is 1. The van der Waals surface area contributed by atoms with E-state index in [4.69, 9.17) is 0 Å². The Labute approximate surface area is 79.4 Å². The van der Waals surface area contributed by atoms with Gasteiger partial charge in [-0.3, -0.25) is 4.99 Å². The summed E-state index contributed by atoms with van der Waals surface area (Å²) < 4.78 is 0.920. The molecule has 0 saturated heterocycles. The van der Waals surface area contributed by atoms with Crippen LogP contribution in [0.15, 0.2) is 39.9 Å². The Hall–Kier alpha value is -1.09. The van der Waals surface area contributed by atoms with Gasteiger partial charge >= 0.3 is 0 Å². The lowest BCUT2D eigenvalue weighted by molar-refractivity contribution is 0.510. The van der Waals surface area contributed by atoms with Crippen LogP contribution in [0.3, 0.4) is 0 Å². The fourth-order valence-corrected chi connectivity index (χ4v) is 1.21. The smallest absolute Gasteiger partial charge is 0.141 e. The maximum Gasteiger partial charge on any atom is 0.141 e. The lowest BCUT2D eigenvalue weighted by Gasteiger charge is -1.98. The van der Waals surface area contributed by atoms with Crippen LogP contribution in [0.1, 0.15) is 5.56 Å². The van der Waals surface area contributed by atoms with E-state index in [2.05, 4.69) is 27.6 Å². The van der Waals surface area contributed by atoms with E-state index in [0.717, 1.165) is 10.0 Å². The van der Waals surface area contributed by atoms with E-state index in [-0.39, 0.29) is 5.76 Å². The highest BCUT2D eigenvalue weighted by molar-refractivity contribution is 9.10. The third-order valence-corrected chi connectivity index (χ3v) is 1.83. The Bertz CT molecular complexity index is 320. The minimum Gasteiger partial charge on any atom is -0.506 e. The van der Waals surface area contributed by atoms with E-state index in [9.17, 15) is 5.11 Å². The molecule has 0 amide bonds. The van der Waals surface area contributed by atoms with E-state index >= 15 is 0 Å². The zero-order valence-corrected chi connectivity index (χ0v) is 7.95. The quantitative estimate of drug-likeness (QED) is 0.610. The van der Waals surface area contributed by atoms with Crippen molar-refractivity contribution in [2.24, 2.45) is 4.99 Å². The van der Waals surface area contributed by atoms with Crippen molar-refractivity contribution in [1.82, 2.24) is 0 Å². The predicted molar refractivity (Wildman–Crippen MR) is 54.3 cm³/mol. The van der Waals surface area contributed by atoms with Crippen molar-refractivity contribution < 1.29 is 5.11 Å². The van der Waals surface area contributed by atoms with Crippen molar-refractivity contribution in [1.29, 1.82) is 0 Å². The molecule has 12 heavy (non-hydrogen) atoms. The lowest BCUT2D eigenvalue weighted by Crippen LogP contribution is -1.80. The molecule has 0 aliphatic rings. The van der Waals surface area contributed by atoms with Gasteiger partial charge in [-0.15, -0.1) is 0 Å². The molecule has 0 heterocycles. The average molecular weight is 226 g/mol. The first-order valence-electron chi connectivity index (χ1n) is 3.35. The number of halogens is 1. The summed E-state index contributed by atoms with van der Waals surface area (Å²) in [5, 5.41) is 9.35. The second-order valence-electron chi connectivity index (χ2n) is 2.21. The van der Waals surface area contributed by atoms with E-state index in [1.54, 1.807) is 12.1 Å². The summed E-state index contributed by atoms with van der Waals surface area (Å²) >= 11 is 3.30. The highest BCUT2D eigenvalue weighted by Gasteiger charge is 1.97. The highest BCUT2D eigenvalue weighted by Crippen LogP contribution is 2.16. The molecule has 1 aromatic carbocycles. The third kappa shape index (κ3) is 2.20. The molecule has 0 aromatic heterocycles. The Morgan fingerprint density at radius 1 is 1.58 bits per heavy atom. The Morgan fingerprint density at radius 3 is 2.92 bits per heavy atom. The molecule has 0 radical (unpaired) electrons. The Balaban J connectivity index is 3.03. The minimum absolute atomic E-state index is 0.117. The fourth-order valence-electron chi connectivity index (χ4n) is 0.809. The number of benzene rings is 1. The molecule has 62 valence electrons. The van der Waals surface area contributed by atoms with E-state index in [1.165, 1.54) is 6.20 Å². The second kappa shape index (κ2) is 4.07. The summed E-state index contributed by atoms with van der Waals surface area (Å²) in [5.74, 6) is 0.117. The van der Waals surface area contributed by atoms with Gasteiger partial charge < -0.3 is 5.11 Å². The molecule has 2 nitrogen and oxygen atoms in total. The van der Waals surface area contributed by atoms with Gasteiger partial charge in [0.1, 0.15) is 5.76 Å². The molecule has 0 atom stereocenters. The van der Waals surface area contributed by atoms with E-state index in [0.29, 0.717) is 0 Å². The minimum atomic E-state index is 0.117. The number of aliphatic hydroxyl groups is 1. The Morgan fingerprint density at radius 2 is 2.33 bits per heavy atom. The number of hydrogen-bond acceptors (Lipinski definition) is 2. The molecule has 0 bridgehead atoms. The van der Waals surface area contributed by atoms with Crippen LogP contribution < -0.4 is 0 Å². The normalized spacial score (nSPS) is 11.2. The summed E-state index contributed by atoms with van der Waals surface area (Å²) in [7, 11) is 0. The molecule has 0 aliphatic heterocycles. The van der Waals surface area contributed by atoms with Gasteiger partial charge in [-0.1, -0.05) is 28.1 Å². The maximum atomic E-state index is 9.35.